The molecule has 2 aromatic carbocycles. The van der Waals surface area contributed by atoms with Crippen molar-refractivity contribution in [1.82, 2.24) is 0 Å². The van der Waals surface area contributed by atoms with Crippen LogP contribution in [0.15, 0.2) is 48.5 Å². The highest BCUT2D eigenvalue weighted by Gasteiger charge is 2.12. The predicted octanol–water partition coefficient (Wildman–Crippen LogP) is 3.90. The molecule has 0 unspecified atom stereocenters. The molecule has 138 valence electrons. The number of esters is 1. The summed E-state index contributed by atoms with van der Waals surface area (Å²) in [7, 11) is 4.64. The van der Waals surface area contributed by atoms with Crippen molar-refractivity contribution in [2.24, 2.45) is 0 Å². The maximum absolute atomic E-state index is 11.9. The number of rotatable bonds is 9. The molecule has 0 aliphatic heterocycles. The summed E-state index contributed by atoms with van der Waals surface area (Å²) in [6.45, 7) is 0.382. The normalized spacial score (nSPS) is 10.6. The van der Waals surface area contributed by atoms with Crippen molar-refractivity contribution in [3.63, 3.8) is 0 Å². The van der Waals surface area contributed by atoms with Crippen LogP contribution in [0.5, 0.6) is 17.2 Å². The van der Waals surface area contributed by atoms with Gasteiger partial charge in [-0.2, -0.15) is 0 Å². The molecular weight excluding hydrogens is 332 g/mol. The minimum Gasteiger partial charge on any atom is -0.493 e. The highest BCUT2D eigenvalue weighted by Crippen LogP contribution is 2.38. The van der Waals surface area contributed by atoms with Gasteiger partial charge in [-0.3, -0.25) is 0 Å². The van der Waals surface area contributed by atoms with Crippen LogP contribution in [0.4, 0.5) is 0 Å². The van der Waals surface area contributed by atoms with E-state index in [2.05, 4.69) is 12.1 Å². The summed E-state index contributed by atoms with van der Waals surface area (Å²) >= 11 is 0. The summed E-state index contributed by atoms with van der Waals surface area (Å²) in [6.07, 6.45) is 4.71. The minimum atomic E-state index is -0.383. The van der Waals surface area contributed by atoms with Gasteiger partial charge in [0.2, 0.25) is 5.75 Å². The second-order valence-electron chi connectivity index (χ2n) is 5.55. The molecule has 5 nitrogen and oxygen atoms in total. The summed E-state index contributed by atoms with van der Waals surface area (Å²) < 4.78 is 21.1. The van der Waals surface area contributed by atoms with Gasteiger partial charge in [-0.1, -0.05) is 30.3 Å². The third-order valence-corrected chi connectivity index (χ3v) is 3.80. The Morgan fingerprint density at radius 3 is 2.19 bits per heavy atom. The van der Waals surface area contributed by atoms with Gasteiger partial charge in [0, 0.05) is 6.08 Å². The lowest BCUT2D eigenvalue weighted by atomic mass is 10.1. The maximum Gasteiger partial charge on any atom is 0.330 e. The molecule has 0 amide bonds. The van der Waals surface area contributed by atoms with Crippen molar-refractivity contribution in [1.29, 1.82) is 0 Å². The monoisotopic (exact) mass is 356 g/mol. The van der Waals surface area contributed by atoms with E-state index in [9.17, 15) is 4.79 Å². The zero-order chi connectivity index (χ0) is 18.8. The third kappa shape index (κ3) is 5.55. The highest BCUT2D eigenvalue weighted by atomic mass is 16.5. The molecule has 2 rings (SSSR count). The molecule has 0 spiro atoms. The number of carbonyl (C=O) groups excluding carboxylic acids is 1. The molecule has 26 heavy (non-hydrogen) atoms. The lowest BCUT2D eigenvalue weighted by Gasteiger charge is -2.12. The first-order valence-electron chi connectivity index (χ1n) is 8.36. The molecule has 0 fully saturated rings. The Labute approximate surface area is 154 Å². The van der Waals surface area contributed by atoms with E-state index in [1.165, 1.54) is 11.6 Å². The Hall–Kier alpha value is -2.95. The van der Waals surface area contributed by atoms with Crippen LogP contribution in [-0.4, -0.2) is 33.9 Å². The van der Waals surface area contributed by atoms with E-state index in [0.29, 0.717) is 23.9 Å². The summed E-state index contributed by atoms with van der Waals surface area (Å²) in [5.74, 6) is 1.19. The number of ether oxygens (including phenoxy) is 4. The van der Waals surface area contributed by atoms with Crippen molar-refractivity contribution < 1.29 is 23.7 Å². The molecule has 0 aliphatic rings. The summed E-state index contributed by atoms with van der Waals surface area (Å²) in [5, 5.41) is 0. The first kappa shape index (κ1) is 19.4. The molecule has 0 N–H and O–H groups in total. The van der Waals surface area contributed by atoms with E-state index >= 15 is 0 Å². The fourth-order valence-corrected chi connectivity index (χ4v) is 2.50. The van der Waals surface area contributed by atoms with Crippen molar-refractivity contribution in [2.45, 2.75) is 12.8 Å². The molecule has 0 aromatic heterocycles. The standard InChI is InChI=1S/C21H24O5/c1-23-18-14-17(15-19(24-2)21(18)25-3)11-12-20(22)26-13-7-10-16-8-5-4-6-9-16/h4-6,8-9,11-12,14-15H,7,10,13H2,1-3H3. The lowest BCUT2D eigenvalue weighted by molar-refractivity contribution is -0.137. The van der Waals surface area contributed by atoms with Crippen LogP contribution in [0.3, 0.4) is 0 Å². The topological polar surface area (TPSA) is 54.0 Å². The van der Waals surface area contributed by atoms with Crippen LogP contribution >= 0.6 is 0 Å². The van der Waals surface area contributed by atoms with Gasteiger partial charge in [-0.05, 0) is 42.2 Å². The van der Waals surface area contributed by atoms with Gasteiger partial charge in [0.25, 0.3) is 0 Å². The molecule has 0 atom stereocenters. The van der Waals surface area contributed by atoms with Gasteiger partial charge >= 0.3 is 5.97 Å². The number of aryl methyl sites for hydroxylation is 1. The van der Waals surface area contributed by atoms with E-state index in [-0.39, 0.29) is 5.97 Å². The van der Waals surface area contributed by atoms with E-state index in [1.54, 1.807) is 39.5 Å². The van der Waals surface area contributed by atoms with Gasteiger partial charge in [0.15, 0.2) is 11.5 Å². The summed E-state index contributed by atoms with van der Waals surface area (Å²) in [5.41, 5.74) is 1.98. The van der Waals surface area contributed by atoms with E-state index in [0.717, 1.165) is 18.4 Å². The fourth-order valence-electron chi connectivity index (χ4n) is 2.50. The second-order valence-corrected chi connectivity index (χ2v) is 5.55. The van der Waals surface area contributed by atoms with Crippen LogP contribution in [-0.2, 0) is 16.0 Å². The average Bonchev–Trinajstić information content (AvgIpc) is 2.69. The molecular formula is C21H24O5. The Bertz CT molecular complexity index is 712. The molecule has 0 heterocycles. The van der Waals surface area contributed by atoms with Crippen molar-refractivity contribution in [2.75, 3.05) is 27.9 Å². The summed E-state index contributed by atoms with van der Waals surface area (Å²) in [6, 6.07) is 13.6. The van der Waals surface area contributed by atoms with E-state index in [1.807, 2.05) is 18.2 Å². The quantitative estimate of drug-likeness (QED) is 0.387. The van der Waals surface area contributed by atoms with Gasteiger partial charge in [-0.15, -0.1) is 0 Å². The van der Waals surface area contributed by atoms with Crippen molar-refractivity contribution in [3.05, 3.63) is 59.7 Å². The van der Waals surface area contributed by atoms with E-state index in [4.69, 9.17) is 18.9 Å². The third-order valence-electron chi connectivity index (χ3n) is 3.80. The second kappa shape index (κ2) is 10.1. The number of methoxy groups -OCH3 is 3. The van der Waals surface area contributed by atoms with Gasteiger partial charge < -0.3 is 18.9 Å². The number of benzene rings is 2. The minimum absolute atomic E-state index is 0.382. The van der Waals surface area contributed by atoms with Crippen LogP contribution < -0.4 is 14.2 Å². The SMILES string of the molecule is COc1cc(C=CC(=O)OCCCc2ccccc2)cc(OC)c1OC. The van der Waals surface area contributed by atoms with Crippen molar-refractivity contribution in [3.8, 4) is 17.2 Å². The smallest absolute Gasteiger partial charge is 0.330 e. The molecule has 0 bridgehead atoms. The van der Waals surface area contributed by atoms with Gasteiger partial charge in [0.05, 0.1) is 27.9 Å². The molecule has 0 saturated carbocycles. The zero-order valence-corrected chi connectivity index (χ0v) is 15.4. The lowest BCUT2D eigenvalue weighted by Crippen LogP contribution is -2.03. The highest BCUT2D eigenvalue weighted by molar-refractivity contribution is 5.87. The maximum atomic E-state index is 11.9. The van der Waals surface area contributed by atoms with Gasteiger partial charge in [0.1, 0.15) is 0 Å². The van der Waals surface area contributed by atoms with Crippen LogP contribution in [0, 0.1) is 0 Å². The Kier molecular flexibility index (Phi) is 7.55. The summed E-state index contributed by atoms with van der Waals surface area (Å²) in [4.78, 5) is 11.9. The van der Waals surface area contributed by atoms with Gasteiger partial charge in [-0.25, -0.2) is 4.79 Å². The zero-order valence-electron chi connectivity index (χ0n) is 15.4. The Balaban J connectivity index is 1.89. The Morgan fingerprint density at radius 2 is 1.62 bits per heavy atom. The number of hydrogen-bond acceptors (Lipinski definition) is 5. The molecule has 2 aromatic rings. The van der Waals surface area contributed by atoms with Crippen molar-refractivity contribution >= 4 is 12.0 Å². The first-order valence-corrected chi connectivity index (χ1v) is 8.36. The molecule has 0 radical (unpaired) electrons. The fraction of sp³-hybridized carbons (Fsp3) is 0.286. The number of carbonyl (C=O) groups is 1. The number of hydrogen-bond donors (Lipinski definition) is 0. The van der Waals surface area contributed by atoms with Crippen LogP contribution in [0.2, 0.25) is 0 Å². The van der Waals surface area contributed by atoms with Crippen LogP contribution in [0.25, 0.3) is 6.08 Å². The Morgan fingerprint density at radius 1 is 0.962 bits per heavy atom. The average molecular weight is 356 g/mol. The predicted molar refractivity (Wildman–Crippen MR) is 101 cm³/mol. The van der Waals surface area contributed by atoms with Crippen LogP contribution in [0.1, 0.15) is 17.5 Å². The first-order chi connectivity index (χ1) is 12.7. The molecule has 5 heteroatoms. The molecule has 0 aliphatic carbocycles. The largest absolute Gasteiger partial charge is 0.493 e. The van der Waals surface area contributed by atoms with E-state index < -0.39 is 0 Å². The molecule has 0 saturated heterocycles.